The van der Waals surface area contributed by atoms with Gasteiger partial charge >= 0.3 is 0 Å². The topological polar surface area (TPSA) is 46.5 Å². The molecule has 0 aliphatic carbocycles. The summed E-state index contributed by atoms with van der Waals surface area (Å²) in [6, 6.07) is 5.73. The van der Waals surface area contributed by atoms with Crippen LogP contribution in [0.3, 0.4) is 0 Å². The molecule has 19 heavy (non-hydrogen) atoms. The van der Waals surface area contributed by atoms with Crippen molar-refractivity contribution in [2.45, 2.75) is 44.3 Å². The van der Waals surface area contributed by atoms with E-state index in [0.29, 0.717) is 0 Å². The molecular formula is C14H19NO2S2. The van der Waals surface area contributed by atoms with Gasteiger partial charge in [0.15, 0.2) is 5.12 Å². The molecule has 0 amide bonds. The maximum atomic E-state index is 11.9. The van der Waals surface area contributed by atoms with Crippen LogP contribution in [-0.2, 0) is 15.8 Å². The van der Waals surface area contributed by atoms with Gasteiger partial charge in [0, 0.05) is 23.6 Å². The molecule has 0 fully saturated rings. The molecule has 0 saturated carbocycles. The Bertz CT molecular complexity index is 531. The molecule has 0 aliphatic rings. The summed E-state index contributed by atoms with van der Waals surface area (Å²) < 4.78 is 15.6. The van der Waals surface area contributed by atoms with Gasteiger partial charge in [-0.15, -0.1) is 0 Å². The van der Waals surface area contributed by atoms with E-state index in [9.17, 15) is 9.00 Å². The summed E-state index contributed by atoms with van der Waals surface area (Å²) in [7, 11) is -1.29. The van der Waals surface area contributed by atoms with Crippen LogP contribution < -0.4 is 0 Å². The molecule has 0 aliphatic heterocycles. The van der Waals surface area contributed by atoms with Gasteiger partial charge in [-0.3, -0.25) is 4.79 Å². The molecule has 104 valence electrons. The van der Waals surface area contributed by atoms with Crippen LogP contribution in [0.5, 0.6) is 0 Å². The van der Waals surface area contributed by atoms with Crippen molar-refractivity contribution in [1.29, 1.82) is 0 Å². The molecule has 1 rings (SSSR count). The highest BCUT2D eigenvalue weighted by molar-refractivity contribution is 8.13. The zero-order valence-corrected chi connectivity index (χ0v) is 13.5. The number of hydrogen-bond donors (Lipinski definition) is 0. The third-order valence-electron chi connectivity index (χ3n) is 2.30. The molecule has 0 saturated heterocycles. The van der Waals surface area contributed by atoms with Crippen LogP contribution in [0.1, 0.15) is 38.8 Å². The van der Waals surface area contributed by atoms with E-state index in [4.69, 9.17) is 0 Å². The van der Waals surface area contributed by atoms with E-state index in [-0.39, 0.29) is 9.86 Å². The molecule has 0 bridgehead atoms. The van der Waals surface area contributed by atoms with Crippen molar-refractivity contribution in [3.8, 4) is 0 Å². The van der Waals surface area contributed by atoms with Gasteiger partial charge in [-0.05, 0) is 33.3 Å². The Kier molecular flexibility index (Phi) is 5.50. The average Bonchev–Trinajstić information content (AvgIpc) is 2.27. The van der Waals surface area contributed by atoms with Crippen molar-refractivity contribution in [3.63, 3.8) is 0 Å². The molecule has 0 N–H and O–H groups in total. The fourth-order valence-corrected chi connectivity index (χ4v) is 2.60. The lowest BCUT2D eigenvalue weighted by Gasteiger charge is -2.13. The second-order valence-corrected chi connectivity index (χ2v) is 8.30. The number of aryl methyl sites for hydroxylation is 1. The van der Waals surface area contributed by atoms with Crippen LogP contribution in [0.15, 0.2) is 27.5 Å². The number of carbonyl (C=O) groups is 1. The van der Waals surface area contributed by atoms with Gasteiger partial charge in [0.1, 0.15) is 11.0 Å². The Labute approximate surface area is 121 Å². The number of carbonyl (C=O) groups excluding carboxylic acids is 1. The Morgan fingerprint density at radius 2 is 2.00 bits per heavy atom. The van der Waals surface area contributed by atoms with Crippen LogP contribution in [0, 0.1) is 6.92 Å². The van der Waals surface area contributed by atoms with Crippen LogP contribution in [0.4, 0.5) is 0 Å². The first-order chi connectivity index (χ1) is 8.71. The lowest BCUT2D eigenvalue weighted by molar-refractivity contribution is -0.109. The molecule has 1 unspecified atom stereocenters. The zero-order valence-electron chi connectivity index (χ0n) is 11.9. The predicted octanol–water partition coefficient (Wildman–Crippen LogP) is 3.51. The van der Waals surface area contributed by atoms with E-state index in [0.717, 1.165) is 16.0 Å². The van der Waals surface area contributed by atoms with E-state index < -0.39 is 11.0 Å². The largest absolute Gasteiger partial charge is 0.287 e. The van der Waals surface area contributed by atoms with Crippen LogP contribution in [0.25, 0.3) is 0 Å². The van der Waals surface area contributed by atoms with E-state index in [2.05, 4.69) is 4.40 Å². The molecule has 5 heteroatoms. The van der Waals surface area contributed by atoms with E-state index in [1.165, 1.54) is 18.7 Å². The van der Waals surface area contributed by atoms with E-state index in [1.54, 1.807) is 6.21 Å². The molecule has 0 aromatic heterocycles. The fraction of sp³-hybridized carbons (Fsp3) is 0.429. The quantitative estimate of drug-likeness (QED) is 0.633. The first-order valence-corrected chi connectivity index (χ1v) is 7.88. The first kappa shape index (κ1) is 16.1. The number of hydrogen-bond acceptors (Lipinski definition) is 3. The van der Waals surface area contributed by atoms with Crippen LogP contribution in [0.2, 0.25) is 0 Å². The summed E-state index contributed by atoms with van der Waals surface area (Å²) in [6.45, 7) is 9.11. The highest BCUT2D eigenvalue weighted by Crippen LogP contribution is 2.26. The number of nitrogens with zero attached hydrogens (tertiary/aromatic N) is 1. The molecule has 0 heterocycles. The van der Waals surface area contributed by atoms with Gasteiger partial charge < -0.3 is 0 Å². The molecule has 3 nitrogen and oxygen atoms in total. The van der Waals surface area contributed by atoms with Gasteiger partial charge in [0.2, 0.25) is 0 Å². The molecule has 0 radical (unpaired) electrons. The van der Waals surface area contributed by atoms with Crippen molar-refractivity contribution in [2.75, 3.05) is 0 Å². The maximum absolute atomic E-state index is 11.9. The fourth-order valence-electron chi connectivity index (χ4n) is 1.32. The van der Waals surface area contributed by atoms with Gasteiger partial charge in [-0.1, -0.05) is 30.0 Å². The Balaban J connectivity index is 3.08. The summed E-state index contributed by atoms with van der Waals surface area (Å²) >= 11 is 1.18. The Hall–Kier alpha value is -0.940. The summed E-state index contributed by atoms with van der Waals surface area (Å²) in [6.07, 6.45) is 1.60. The number of rotatable bonds is 3. The smallest absolute Gasteiger partial charge is 0.190 e. The first-order valence-electron chi connectivity index (χ1n) is 5.96. The van der Waals surface area contributed by atoms with Crippen LogP contribution in [-0.4, -0.2) is 20.3 Å². The van der Waals surface area contributed by atoms with E-state index in [1.807, 2.05) is 45.9 Å². The second kappa shape index (κ2) is 6.48. The summed E-state index contributed by atoms with van der Waals surface area (Å²) in [4.78, 5) is 12.2. The highest BCUT2D eigenvalue weighted by Gasteiger charge is 2.18. The molecular weight excluding hydrogens is 278 g/mol. The Morgan fingerprint density at radius 3 is 2.53 bits per heavy atom. The summed E-state index contributed by atoms with van der Waals surface area (Å²) in [5.41, 5.74) is 1.85. The lowest BCUT2D eigenvalue weighted by atomic mass is 10.1. The minimum Gasteiger partial charge on any atom is -0.287 e. The van der Waals surface area contributed by atoms with Crippen molar-refractivity contribution >= 4 is 34.1 Å². The van der Waals surface area contributed by atoms with Gasteiger partial charge in [-0.25, -0.2) is 4.21 Å². The van der Waals surface area contributed by atoms with Crippen molar-refractivity contribution < 1.29 is 9.00 Å². The average molecular weight is 297 g/mol. The van der Waals surface area contributed by atoms with Gasteiger partial charge in [0.05, 0.1) is 4.75 Å². The minimum absolute atomic E-state index is 0.0286. The third-order valence-corrected chi connectivity index (χ3v) is 4.69. The maximum Gasteiger partial charge on any atom is 0.190 e. The monoisotopic (exact) mass is 297 g/mol. The van der Waals surface area contributed by atoms with Gasteiger partial charge in [-0.2, -0.15) is 4.40 Å². The van der Waals surface area contributed by atoms with Crippen molar-refractivity contribution in [1.82, 2.24) is 0 Å². The molecule has 1 atom stereocenters. The van der Waals surface area contributed by atoms with Crippen LogP contribution >= 0.6 is 11.8 Å². The predicted molar refractivity (Wildman–Crippen MR) is 83.2 cm³/mol. The standard InChI is InChI=1S/C14H19NO2S2/c1-10-7-6-8-12(13(10)18-11(2)16)9-15-19(17)14(3,4)5/h6-9H,1-5H3/b15-9+. The molecule has 1 aromatic carbocycles. The summed E-state index contributed by atoms with van der Waals surface area (Å²) in [5, 5.41) is 0.0286. The van der Waals surface area contributed by atoms with Crippen molar-refractivity contribution in [2.24, 2.45) is 4.40 Å². The van der Waals surface area contributed by atoms with Crippen molar-refractivity contribution in [3.05, 3.63) is 29.3 Å². The Morgan fingerprint density at radius 1 is 1.37 bits per heavy atom. The number of thioether (sulfide) groups is 1. The molecule has 0 spiro atoms. The third kappa shape index (κ3) is 4.91. The van der Waals surface area contributed by atoms with E-state index >= 15 is 0 Å². The SMILES string of the molecule is CC(=O)Sc1c(C)cccc1/C=N/S(=O)C(C)(C)C. The minimum atomic E-state index is -1.29. The van der Waals surface area contributed by atoms with Gasteiger partial charge in [0.25, 0.3) is 0 Å². The normalized spacial score (nSPS) is 13.7. The second-order valence-electron chi connectivity index (χ2n) is 5.18. The summed E-state index contributed by atoms with van der Waals surface area (Å²) in [5.74, 6) is 0. The number of benzene rings is 1. The zero-order chi connectivity index (χ0) is 14.6. The highest BCUT2D eigenvalue weighted by atomic mass is 32.2. The lowest BCUT2D eigenvalue weighted by Crippen LogP contribution is -2.19. The molecule has 1 aromatic rings.